The summed E-state index contributed by atoms with van der Waals surface area (Å²) in [6.45, 7) is 2.96. The molecule has 0 spiro atoms. The maximum absolute atomic E-state index is 10.7. The first-order chi connectivity index (χ1) is 6.61. The minimum Gasteiger partial charge on any atom is -0.504 e. The van der Waals surface area contributed by atoms with E-state index in [1.807, 2.05) is 0 Å². The minimum absolute atomic E-state index is 0.118. The highest BCUT2D eigenvalue weighted by Crippen LogP contribution is 2.34. The Labute approximate surface area is 80.2 Å². The fourth-order valence-electron chi connectivity index (χ4n) is 1.02. The summed E-state index contributed by atoms with van der Waals surface area (Å²) in [6.07, 6.45) is 1.03. The standard InChI is InChI=1S/C9H10O5/c1-2-6(11)14-9-7(12)5(3-4-10)8(9)13/h2,10,12-13H,1,3-4H2. The van der Waals surface area contributed by atoms with Gasteiger partial charge >= 0.3 is 5.97 Å². The van der Waals surface area contributed by atoms with E-state index in [9.17, 15) is 15.0 Å². The van der Waals surface area contributed by atoms with E-state index in [4.69, 9.17) is 5.11 Å². The van der Waals surface area contributed by atoms with Crippen LogP contribution in [0.4, 0.5) is 0 Å². The van der Waals surface area contributed by atoms with Crippen LogP contribution in [0.2, 0.25) is 0 Å². The van der Waals surface area contributed by atoms with Crippen molar-refractivity contribution in [3.05, 3.63) is 35.5 Å². The van der Waals surface area contributed by atoms with Gasteiger partial charge in [0, 0.05) is 24.7 Å². The smallest absolute Gasteiger partial charge is 0.335 e. The molecule has 1 rings (SSSR count). The average molecular weight is 198 g/mol. The lowest BCUT2D eigenvalue weighted by molar-refractivity contribution is -0.134. The highest BCUT2D eigenvalue weighted by molar-refractivity contribution is 5.83. The molecule has 0 aromatic rings. The number of ether oxygens (including phenoxy) is 1. The number of hydrogen-bond donors (Lipinski definition) is 3. The molecule has 0 heterocycles. The third-order valence-electron chi connectivity index (χ3n) is 1.73. The van der Waals surface area contributed by atoms with Gasteiger partial charge in [-0.1, -0.05) is 6.58 Å². The van der Waals surface area contributed by atoms with E-state index in [1.165, 1.54) is 0 Å². The molecule has 0 aromatic carbocycles. The Balaban J connectivity index is 2.67. The van der Waals surface area contributed by atoms with Crippen molar-refractivity contribution in [3.8, 4) is 0 Å². The van der Waals surface area contributed by atoms with Gasteiger partial charge in [-0.15, -0.1) is 0 Å². The Morgan fingerprint density at radius 1 is 1.43 bits per heavy atom. The van der Waals surface area contributed by atoms with Crippen LogP contribution >= 0.6 is 0 Å². The van der Waals surface area contributed by atoms with Crippen molar-refractivity contribution < 1.29 is 24.9 Å². The van der Waals surface area contributed by atoms with Crippen molar-refractivity contribution in [2.24, 2.45) is 0 Å². The Kier molecular flexibility index (Phi) is 2.93. The van der Waals surface area contributed by atoms with Crippen LogP contribution in [0, 0.1) is 0 Å². The Hall–Kier alpha value is -1.75. The molecular formula is C9H10O5. The van der Waals surface area contributed by atoms with Crippen molar-refractivity contribution in [1.29, 1.82) is 0 Å². The highest BCUT2D eigenvalue weighted by atomic mass is 16.6. The number of esters is 1. The molecule has 0 radical (unpaired) electrons. The van der Waals surface area contributed by atoms with Crippen LogP contribution in [0.5, 0.6) is 0 Å². The number of rotatable bonds is 4. The van der Waals surface area contributed by atoms with E-state index in [-0.39, 0.29) is 35.9 Å². The van der Waals surface area contributed by atoms with E-state index >= 15 is 0 Å². The predicted molar refractivity (Wildman–Crippen MR) is 47.3 cm³/mol. The highest BCUT2D eigenvalue weighted by Gasteiger charge is 2.31. The van der Waals surface area contributed by atoms with Crippen molar-refractivity contribution in [1.82, 2.24) is 0 Å². The van der Waals surface area contributed by atoms with Gasteiger partial charge in [0.25, 0.3) is 0 Å². The molecule has 1 aliphatic rings. The molecule has 0 atom stereocenters. The molecule has 14 heavy (non-hydrogen) atoms. The maximum Gasteiger partial charge on any atom is 0.335 e. The van der Waals surface area contributed by atoms with Crippen molar-refractivity contribution in [2.45, 2.75) is 6.42 Å². The zero-order chi connectivity index (χ0) is 10.7. The molecule has 0 unspecified atom stereocenters. The Morgan fingerprint density at radius 3 is 2.50 bits per heavy atom. The lowest BCUT2D eigenvalue weighted by atomic mass is 9.98. The Morgan fingerprint density at radius 2 is 2.07 bits per heavy atom. The molecule has 76 valence electrons. The number of hydrogen-bond acceptors (Lipinski definition) is 5. The summed E-state index contributed by atoms with van der Waals surface area (Å²) in [6, 6.07) is 0. The average Bonchev–Trinajstić information content (AvgIpc) is 2.21. The van der Waals surface area contributed by atoms with Crippen molar-refractivity contribution in [3.63, 3.8) is 0 Å². The van der Waals surface area contributed by atoms with E-state index in [1.54, 1.807) is 0 Å². The largest absolute Gasteiger partial charge is 0.504 e. The van der Waals surface area contributed by atoms with Crippen LogP contribution in [0.3, 0.4) is 0 Å². The van der Waals surface area contributed by atoms with Gasteiger partial charge in [-0.3, -0.25) is 0 Å². The second kappa shape index (κ2) is 3.97. The van der Waals surface area contributed by atoms with Gasteiger partial charge in [-0.2, -0.15) is 0 Å². The third kappa shape index (κ3) is 1.62. The second-order valence-corrected chi connectivity index (χ2v) is 2.60. The summed E-state index contributed by atoms with van der Waals surface area (Å²) in [5.74, 6) is -1.63. The Bertz CT molecular complexity index is 337. The normalized spacial score (nSPS) is 15.2. The van der Waals surface area contributed by atoms with E-state index in [0.29, 0.717) is 0 Å². The molecule has 3 N–H and O–H groups in total. The molecule has 5 nitrogen and oxygen atoms in total. The van der Waals surface area contributed by atoms with Gasteiger partial charge in [0.1, 0.15) is 0 Å². The molecular weight excluding hydrogens is 188 g/mol. The molecule has 0 saturated carbocycles. The summed E-state index contributed by atoms with van der Waals surface area (Å²) in [7, 11) is 0. The summed E-state index contributed by atoms with van der Waals surface area (Å²) >= 11 is 0. The zero-order valence-electron chi connectivity index (χ0n) is 7.36. The maximum atomic E-state index is 10.7. The van der Waals surface area contributed by atoms with Gasteiger partial charge in [0.05, 0.1) is 0 Å². The summed E-state index contributed by atoms with van der Waals surface area (Å²) in [4.78, 5) is 10.7. The molecule has 0 aromatic heterocycles. The quantitative estimate of drug-likeness (QED) is 0.457. The molecule has 0 bridgehead atoms. The van der Waals surface area contributed by atoms with Crippen LogP contribution in [-0.4, -0.2) is 27.9 Å². The van der Waals surface area contributed by atoms with Crippen LogP contribution in [0.15, 0.2) is 35.5 Å². The van der Waals surface area contributed by atoms with Gasteiger partial charge in [-0.25, -0.2) is 4.79 Å². The number of aliphatic hydroxyl groups excluding tert-OH is 3. The summed E-state index contributed by atoms with van der Waals surface area (Å²) < 4.78 is 4.52. The van der Waals surface area contributed by atoms with Crippen LogP contribution in [-0.2, 0) is 9.53 Å². The monoisotopic (exact) mass is 198 g/mol. The van der Waals surface area contributed by atoms with Gasteiger partial charge in [0.2, 0.25) is 5.76 Å². The molecule has 0 amide bonds. The van der Waals surface area contributed by atoms with Crippen LogP contribution in [0.1, 0.15) is 6.42 Å². The van der Waals surface area contributed by atoms with Gasteiger partial charge in [-0.05, 0) is 0 Å². The SMILES string of the molecule is C=CC(=O)OC1=C(O)C(CCO)=C1O. The number of aliphatic hydroxyl groups is 3. The summed E-state index contributed by atoms with van der Waals surface area (Å²) in [5, 5.41) is 27.1. The first kappa shape index (κ1) is 10.3. The summed E-state index contributed by atoms with van der Waals surface area (Å²) in [5.41, 5.74) is 0.194. The minimum atomic E-state index is -0.763. The molecule has 0 aliphatic heterocycles. The zero-order valence-corrected chi connectivity index (χ0v) is 7.36. The number of carbonyl (C=O) groups excluding carboxylic acids is 1. The molecule has 0 saturated heterocycles. The van der Waals surface area contributed by atoms with Crippen LogP contribution in [0.25, 0.3) is 0 Å². The number of carbonyl (C=O) groups is 1. The molecule has 1 aliphatic carbocycles. The topological polar surface area (TPSA) is 87.0 Å². The predicted octanol–water partition coefficient (Wildman–Crippen LogP) is 0.693. The first-order valence-electron chi connectivity index (χ1n) is 3.93. The van der Waals surface area contributed by atoms with Gasteiger partial charge in [0.15, 0.2) is 11.5 Å². The number of allylic oxidation sites excluding steroid dienone is 1. The fourth-order valence-corrected chi connectivity index (χ4v) is 1.02. The first-order valence-corrected chi connectivity index (χ1v) is 3.93. The fraction of sp³-hybridized carbons (Fsp3) is 0.222. The molecule has 5 heteroatoms. The van der Waals surface area contributed by atoms with Gasteiger partial charge < -0.3 is 20.1 Å². The van der Waals surface area contributed by atoms with Crippen LogP contribution < -0.4 is 0 Å². The third-order valence-corrected chi connectivity index (χ3v) is 1.73. The van der Waals surface area contributed by atoms with Crippen molar-refractivity contribution >= 4 is 5.97 Å². The van der Waals surface area contributed by atoms with Crippen molar-refractivity contribution in [2.75, 3.05) is 6.61 Å². The van der Waals surface area contributed by atoms with E-state index < -0.39 is 5.97 Å². The lowest BCUT2D eigenvalue weighted by Crippen LogP contribution is -2.17. The molecule has 0 fully saturated rings. The second-order valence-electron chi connectivity index (χ2n) is 2.60. The van der Waals surface area contributed by atoms with E-state index in [0.717, 1.165) is 6.08 Å². The van der Waals surface area contributed by atoms with E-state index in [2.05, 4.69) is 11.3 Å². The lowest BCUT2D eigenvalue weighted by Gasteiger charge is -2.21.